The quantitative estimate of drug-likeness (QED) is 0.704. The maximum atomic E-state index is 9.82. The molecule has 6 nitrogen and oxygen atoms in total. The molecular formula is C14H13BrCl2N4O2. The minimum Gasteiger partial charge on any atom is -0.388 e. The number of nitrogens with one attached hydrogen (secondary N) is 2. The minimum atomic E-state index is -0.569. The van der Waals surface area contributed by atoms with Gasteiger partial charge in [-0.25, -0.2) is 4.98 Å². The predicted molar refractivity (Wildman–Crippen MR) is 93.7 cm³/mol. The highest BCUT2D eigenvalue weighted by Crippen LogP contribution is 2.27. The molecule has 1 fully saturated rings. The van der Waals surface area contributed by atoms with Gasteiger partial charge in [-0.3, -0.25) is 0 Å². The summed E-state index contributed by atoms with van der Waals surface area (Å²) in [6, 6.07) is 4.88. The Balaban J connectivity index is 1.79. The summed E-state index contributed by atoms with van der Waals surface area (Å²) in [5.74, 6) is 0.938. The van der Waals surface area contributed by atoms with Gasteiger partial charge >= 0.3 is 0 Å². The van der Waals surface area contributed by atoms with E-state index in [1.54, 1.807) is 24.4 Å². The Bertz CT molecular complexity index is 699. The van der Waals surface area contributed by atoms with E-state index in [0.717, 1.165) is 0 Å². The third-order valence-corrected chi connectivity index (χ3v) is 4.25. The molecule has 122 valence electrons. The first-order chi connectivity index (χ1) is 11.0. The van der Waals surface area contributed by atoms with Gasteiger partial charge in [0.05, 0.1) is 29.8 Å². The number of anilines is 3. The third-order valence-electron chi connectivity index (χ3n) is 3.24. The lowest BCUT2D eigenvalue weighted by Crippen LogP contribution is -2.32. The summed E-state index contributed by atoms with van der Waals surface area (Å²) in [4.78, 5) is 8.59. The third kappa shape index (κ3) is 4.24. The number of halogens is 3. The van der Waals surface area contributed by atoms with E-state index in [-0.39, 0.29) is 6.04 Å². The largest absolute Gasteiger partial charge is 0.388 e. The topological polar surface area (TPSA) is 79.3 Å². The van der Waals surface area contributed by atoms with Gasteiger partial charge in [-0.15, -0.1) is 0 Å². The van der Waals surface area contributed by atoms with E-state index in [0.29, 0.717) is 45.2 Å². The zero-order chi connectivity index (χ0) is 16.4. The van der Waals surface area contributed by atoms with Crippen molar-refractivity contribution in [1.82, 2.24) is 9.97 Å². The molecule has 1 aromatic heterocycles. The van der Waals surface area contributed by atoms with Crippen LogP contribution in [0.15, 0.2) is 28.9 Å². The number of benzene rings is 1. The fraction of sp³-hybridized carbons (Fsp3) is 0.286. The Kier molecular flexibility index (Phi) is 5.23. The Morgan fingerprint density at radius 1 is 1.22 bits per heavy atom. The number of ether oxygens (including phenoxy) is 1. The van der Waals surface area contributed by atoms with Crippen molar-refractivity contribution in [3.63, 3.8) is 0 Å². The Hall–Kier alpha value is -1.12. The summed E-state index contributed by atoms with van der Waals surface area (Å²) in [6.07, 6.45) is 1.05. The highest BCUT2D eigenvalue weighted by atomic mass is 79.9. The second kappa shape index (κ2) is 7.19. The summed E-state index contributed by atoms with van der Waals surface area (Å²) in [7, 11) is 0. The van der Waals surface area contributed by atoms with Crippen LogP contribution in [0.5, 0.6) is 0 Å². The molecule has 0 unspecified atom stereocenters. The van der Waals surface area contributed by atoms with Crippen molar-refractivity contribution in [1.29, 1.82) is 0 Å². The molecule has 0 amide bonds. The molecule has 2 aromatic rings. The van der Waals surface area contributed by atoms with E-state index in [9.17, 15) is 5.11 Å². The number of aliphatic hydroxyl groups is 1. The molecule has 1 aliphatic heterocycles. The average molecular weight is 420 g/mol. The van der Waals surface area contributed by atoms with Crippen molar-refractivity contribution in [3.8, 4) is 0 Å². The lowest BCUT2D eigenvalue weighted by molar-refractivity contribution is 0.125. The van der Waals surface area contributed by atoms with E-state index < -0.39 is 6.10 Å². The summed E-state index contributed by atoms with van der Waals surface area (Å²) in [5, 5.41) is 17.0. The molecule has 0 saturated carbocycles. The maximum Gasteiger partial charge on any atom is 0.229 e. The average Bonchev–Trinajstić information content (AvgIpc) is 2.87. The normalized spacial score (nSPS) is 20.5. The Labute approximate surface area is 151 Å². The highest BCUT2D eigenvalue weighted by Gasteiger charge is 2.27. The summed E-state index contributed by atoms with van der Waals surface area (Å²) in [6.45, 7) is 0.733. The fourth-order valence-corrected chi connectivity index (χ4v) is 2.97. The molecule has 1 aliphatic rings. The van der Waals surface area contributed by atoms with Gasteiger partial charge in [-0.2, -0.15) is 4.98 Å². The first-order valence-electron chi connectivity index (χ1n) is 6.79. The van der Waals surface area contributed by atoms with E-state index >= 15 is 0 Å². The number of hydrogen-bond acceptors (Lipinski definition) is 6. The smallest absolute Gasteiger partial charge is 0.229 e. The monoisotopic (exact) mass is 418 g/mol. The van der Waals surface area contributed by atoms with Crippen LogP contribution in [0.25, 0.3) is 0 Å². The van der Waals surface area contributed by atoms with Crippen molar-refractivity contribution >= 4 is 56.6 Å². The van der Waals surface area contributed by atoms with Crippen molar-refractivity contribution in [3.05, 3.63) is 38.9 Å². The van der Waals surface area contributed by atoms with Gasteiger partial charge in [0, 0.05) is 21.9 Å². The zero-order valence-electron chi connectivity index (χ0n) is 11.8. The standard InChI is InChI=1S/C14H13BrCl2N4O2/c15-10-4-18-14(19-9-2-7(16)1-8(17)3-9)21-13(10)20-11-5-23-6-12(11)22/h1-4,11-12,22H,5-6H2,(H2,18,19,20,21)/t11-,12-/m1/s1. The fourth-order valence-electron chi connectivity index (χ4n) is 2.14. The molecule has 0 radical (unpaired) electrons. The molecule has 1 saturated heterocycles. The van der Waals surface area contributed by atoms with Crippen LogP contribution in [0.3, 0.4) is 0 Å². The molecule has 3 rings (SSSR count). The molecular weight excluding hydrogens is 407 g/mol. The lowest BCUT2D eigenvalue weighted by Gasteiger charge is -2.17. The molecule has 9 heteroatoms. The lowest BCUT2D eigenvalue weighted by atomic mass is 10.2. The van der Waals surface area contributed by atoms with Crippen molar-refractivity contribution < 1.29 is 9.84 Å². The molecule has 2 heterocycles. The van der Waals surface area contributed by atoms with Crippen molar-refractivity contribution in [2.45, 2.75) is 12.1 Å². The van der Waals surface area contributed by atoms with Gasteiger partial charge in [0.15, 0.2) is 0 Å². The molecule has 1 aromatic carbocycles. The minimum absolute atomic E-state index is 0.213. The number of rotatable bonds is 4. The van der Waals surface area contributed by atoms with Gasteiger partial charge < -0.3 is 20.5 Å². The first-order valence-corrected chi connectivity index (χ1v) is 8.34. The molecule has 2 atom stereocenters. The van der Waals surface area contributed by atoms with Crippen molar-refractivity contribution in [2.75, 3.05) is 23.8 Å². The van der Waals surface area contributed by atoms with Crippen LogP contribution in [0.2, 0.25) is 10.0 Å². The number of hydrogen-bond donors (Lipinski definition) is 3. The zero-order valence-corrected chi connectivity index (χ0v) is 14.9. The first kappa shape index (κ1) is 16.7. The van der Waals surface area contributed by atoms with Crippen LogP contribution < -0.4 is 10.6 Å². The molecule has 0 spiro atoms. The summed E-state index contributed by atoms with van der Waals surface area (Å²) < 4.78 is 5.90. The maximum absolute atomic E-state index is 9.82. The summed E-state index contributed by atoms with van der Waals surface area (Å²) >= 11 is 15.3. The molecule has 0 aliphatic carbocycles. The van der Waals surface area contributed by atoms with E-state index in [1.807, 2.05) is 0 Å². The number of aliphatic hydroxyl groups excluding tert-OH is 1. The van der Waals surface area contributed by atoms with E-state index in [2.05, 4.69) is 36.5 Å². The van der Waals surface area contributed by atoms with Gasteiger partial charge in [-0.05, 0) is 34.1 Å². The van der Waals surface area contributed by atoms with Crippen LogP contribution in [-0.2, 0) is 4.74 Å². The SMILES string of the molecule is O[C@@H]1COC[C@H]1Nc1nc(Nc2cc(Cl)cc(Cl)c2)ncc1Br. The number of nitrogens with zero attached hydrogens (tertiary/aromatic N) is 2. The Morgan fingerprint density at radius 2 is 1.96 bits per heavy atom. The predicted octanol–water partition coefficient (Wildman–Crippen LogP) is 3.46. The molecule has 3 N–H and O–H groups in total. The summed E-state index contributed by atoms with van der Waals surface area (Å²) in [5.41, 5.74) is 0.681. The van der Waals surface area contributed by atoms with Crippen LogP contribution in [0.4, 0.5) is 17.5 Å². The second-order valence-corrected chi connectivity index (χ2v) is 6.76. The van der Waals surface area contributed by atoms with Gasteiger partial charge in [0.1, 0.15) is 5.82 Å². The highest BCUT2D eigenvalue weighted by molar-refractivity contribution is 9.10. The Morgan fingerprint density at radius 3 is 2.61 bits per heavy atom. The van der Waals surface area contributed by atoms with Gasteiger partial charge in [0.25, 0.3) is 0 Å². The van der Waals surface area contributed by atoms with Crippen LogP contribution in [-0.4, -0.2) is 40.4 Å². The van der Waals surface area contributed by atoms with E-state index in [1.165, 1.54) is 0 Å². The van der Waals surface area contributed by atoms with Gasteiger partial charge in [0.2, 0.25) is 5.95 Å². The van der Waals surface area contributed by atoms with E-state index in [4.69, 9.17) is 27.9 Å². The number of aromatic nitrogens is 2. The second-order valence-electron chi connectivity index (χ2n) is 5.03. The van der Waals surface area contributed by atoms with Crippen LogP contribution >= 0.6 is 39.1 Å². The van der Waals surface area contributed by atoms with Crippen molar-refractivity contribution in [2.24, 2.45) is 0 Å². The van der Waals surface area contributed by atoms with Gasteiger partial charge in [-0.1, -0.05) is 23.2 Å². The molecule has 23 heavy (non-hydrogen) atoms. The van der Waals surface area contributed by atoms with Crippen LogP contribution in [0, 0.1) is 0 Å². The molecule has 0 bridgehead atoms. The van der Waals surface area contributed by atoms with Crippen LogP contribution in [0.1, 0.15) is 0 Å².